The summed E-state index contributed by atoms with van der Waals surface area (Å²) in [5.74, 6) is 0. The fraction of sp³-hybridized carbons (Fsp3) is 0.0364. The SMILES string of the molecule is CC.c1ccc(-c2nc3c(nc2-c2ccccc2)c2c4ccccc4sc2c2[nH]c4ccccc4c32)cc1.c1ccc2c(c1)sc1c3[nH]c4ncccc4c3c3ccccc3c21. The smallest absolute Gasteiger partial charge is 0.138 e. The molecule has 0 radical (unpaired) electrons. The molecule has 0 bridgehead atoms. The van der Waals surface area contributed by atoms with Crippen LogP contribution >= 0.6 is 22.7 Å². The maximum Gasteiger partial charge on any atom is 0.138 e. The molecule has 0 fully saturated rings. The van der Waals surface area contributed by atoms with E-state index in [-0.39, 0.29) is 0 Å². The van der Waals surface area contributed by atoms with Gasteiger partial charge in [0.25, 0.3) is 0 Å². The Balaban J connectivity index is 0.000000137. The molecular formula is C55H37N5S2. The predicted molar refractivity (Wildman–Crippen MR) is 268 cm³/mol. The topological polar surface area (TPSA) is 70.2 Å². The van der Waals surface area contributed by atoms with Crippen molar-refractivity contribution in [2.24, 2.45) is 0 Å². The Morgan fingerprint density at radius 3 is 1.50 bits per heavy atom. The summed E-state index contributed by atoms with van der Waals surface area (Å²) in [5.41, 5.74) is 10.3. The molecule has 0 aliphatic rings. The van der Waals surface area contributed by atoms with E-state index < -0.39 is 0 Å². The van der Waals surface area contributed by atoms with Gasteiger partial charge in [0, 0.05) is 75.3 Å². The summed E-state index contributed by atoms with van der Waals surface area (Å²) < 4.78 is 5.14. The second-order valence-corrected chi connectivity index (χ2v) is 17.3. The van der Waals surface area contributed by atoms with Gasteiger partial charge in [-0.15, -0.1) is 22.7 Å². The number of nitrogens with zero attached hydrogens (tertiary/aromatic N) is 3. The first-order chi connectivity index (χ1) is 30.8. The number of aromatic amines is 2. The molecule has 0 saturated carbocycles. The van der Waals surface area contributed by atoms with Crippen molar-refractivity contribution in [2.75, 3.05) is 0 Å². The third-order valence-electron chi connectivity index (χ3n) is 11.9. The number of fused-ring (bicyclic) bond motifs is 20. The summed E-state index contributed by atoms with van der Waals surface area (Å²) in [6.07, 6.45) is 1.85. The van der Waals surface area contributed by atoms with E-state index in [1.807, 2.05) is 60.9 Å². The zero-order valence-electron chi connectivity index (χ0n) is 33.9. The van der Waals surface area contributed by atoms with E-state index in [2.05, 4.69) is 167 Å². The van der Waals surface area contributed by atoms with Gasteiger partial charge in [-0.25, -0.2) is 15.0 Å². The molecule has 8 aromatic carbocycles. The van der Waals surface area contributed by atoms with E-state index in [0.29, 0.717) is 0 Å². The van der Waals surface area contributed by atoms with Gasteiger partial charge in [0.2, 0.25) is 0 Å². The van der Waals surface area contributed by atoms with Crippen molar-refractivity contribution in [3.05, 3.63) is 176 Å². The molecule has 62 heavy (non-hydrogen) atoms. The van der Waals surface area contributed by atoms with Crippen LogP contribution in [0.1, 0.15) is 13.8 Å². The number of aromatic nitrogens is 5. The Kier molecular flexibility index (Phi) is 8.59. The van der Waals surface area contributed by atoms with Crippen LogP contribution in [-0.2, 0) is 0 Å². The number of nitrogens with one attached hydrogen (secondary N) is 2. The molecule has 6 heterocycles. The van der Waals surface area contributed by atoms with E-state index in [0.717, 1.165) is 55.6 Å². The Hall–Kier alpha value is -7.45. The minimum absolute atomic E-state index is 0.903. The molecule has 0 saturated heterocycles. The highest BCUT2D eigenvalue weighted by Crippen LogP contribution is 2.47. The van der Waals surface area contributed by atoms with Crippen LogP contribution in [0.5, 0.6) is 0 Å². The molecule has 14 rings (SSSR count). The summed E-state index contributed by atoms with van der Waals surface area (Å²) in [6.45, 7) is 4.00. The minimum atomic E-state index is 0.903. The normalized spacial score (nSPS) is 11.7. The monoisotopic (exact) mass is 831 g/mol. The maximum absolute atomic E-state index is 5.44. The maximum atomic E-state index is 5.44. The Bertz CT molecular complexity index is 3750. The van der Waals surface area contributed by atoms with Gasteiger partial charge in [-0.2, -0.15) is 0 Å². The fourth-order valence-electron chi connectivity index (χ4n) is 9.27. The zero-order chi connectivity index (χ0) is 41.3. The molecule has 0 amide bonds. The molecule has 0 aliphatic heterocycles. The number of hydrogen-bond acceptors (Lipinski definition) is 5. The highest BCUT2D eigenvalue weighted by Gasteiger charge is 2.23. The van der Waals surface area contributed by atoms with Crippen LogP contribution in [-0.4, -0.2) is 24.9 Å². The summed E-state index contributed by atoms with van der Waals surface area (Å²) in [6, 6.07) is 59.5. The number of para-hydroxylation sites is 1. The lowest BCUT2D eigenvalue weighted by atomic mass is 9.99. The van der Waals surface area contributed by atoms with Crippen LogP contribution in [0.3, 0.4) is 0 Å². The first kappa shape index (κ1) is 36.4. The average molecular weight is 832 g/mol. The molecule has 2 N–H and O–H groups in total. The van der Waals surface area contributed by atoms with Gasteiger partial charge in [0.15, 0.2) is 0 Å². The molecule has 5 nitrogen and oxygen atoms in total. The van der Waals surface area contributed by atoms with Gasteiger partial charge >= 0.3 is 0 Å². The van der Waals surface area contributed by atoms with Crippen LogP contribution < -0.4 is 0 Å². The molecule has 7 heteroatoms. The molecule has 0 atom stereocenters. The first-order valence-corrected chi connectivity index (χ1v) is 22.7. The number of benzene rings is 8. The third-order valence-corrected chi connectivity index (χ3v) is 14.2. The largest absolute Gasteiger partial charge is 0.353 e. The average Bonchev–Trinajstić information content (AvgIpc) is 4.13. The lowest BCUT2D eigenvalue weighted by molar-refractivity contribution is 1.31. The van der Waals surface area contributed by atoms with Crippen molar-refractivity contribution >= 4 is 129 Å². The first-order valence-electron chi connectivity index (χ1n) is 21.0. The van der Waals surface area contributed by atoms with Crippen LogP contribution in [0.15, 0.2) is 176 Å². The van der Waals surface area contributed by atoms with Gasteiger partial charge in [0.05, 0.1) is 37.3 Å². The van der Waals surface area contributed by atoms with Crippen molar-refractivity contribution in [3.8, 4) is 22.5 Å². The van der Waals surface area contributed by atoms with Crippen LogP contribution in [0.2, 0.25) is 0 Å². The second-order valence-electron chi connectivity index (χ2n) is 15.2. The molecule has 14 aromatic rings. The van der Waals surface area contributed by atoms with E-state index in [9.17, 15) is 0 Å². The van der Waals surface area contributed by atoms with Crippen molar-refractivity contribution in [1.82, 2.24) is 24.9 Å². The molecule has 0 aliphatic carbocycles. The number of H-pyrrole nitrogens is 2. The molecule has 6 aromatic heterocycles. The van der Waals surface area contributed by atoms with Gasteiger partial charge in [-0.05, 0) is 41.1 Å². The van der Waals surface area contributed by atoms with Crippen LogP contribution in [0.25, 0.3) is 128 Å². The summed E-state index contributed by atoms with van der Waals surface area (Å²) in [5, 5.41) is 12.5. The van der Waals surface area contributed by atoms with E-state index in [1.54, 1.807) is 0 Å². The quantitative estimate of drug-likeness (QED) is 0.182. The highest BCUT2D eigenvalue weighted by atomic mass is 32.1. The van der Waals surface area contributed by atoms with Gasteiger partial charge in [-0.3, -0.25) is 0 Å². The number of hydrogen-bond donors (Lipinski definition) is 2. The molecule has 0 unspecified atom stereocenters. The summed E-state index contributed by atoms with van der Waals surface area (Å²) >= 11 is 3.69. The lowest BCUT2D eigenvalue weighted by Gasteiger charge is -2.12. The Morgan fingerprint density at radius 2 is 0.855 bits per heavy atom. The molecule has 0 spiro atoms. The number of thiophene rings is 2. The highest BCUT2D eigenvalue weighted by molar-refractivity contribution is 7.27. The lowest BCUT2D eigenvalue weighted by Crippen LogP contribution is -1.96. The predicted octanol–water partition coefficient (Wildman–Crippen LogP) is 16.2. The van der Waals surface area contributed by atoms with E-state index in [1.165, 1.54) is 72.8 Å². The van der Waals surface area contributed by atoms with Crippen LogP contribution in [0.4, 0.5) is 0 Å². The van der Waals surface area contributed by atoms with Crippen molar-refractivity contribution in [3.63, 3.8) is 0 Å². The summed E-state index contributed by atoms with van der Waals surface area (Å²) in [7, 11) is 0. The second kappa shape index (κ2) is 14.6. The summed E-state index contributed by atoms with van der Waals surface area (Å²) in [4.78, 5) is 22.7. The third kappa shape index (κ3) is 5.49. The van der Waals surface area contributed by atoms with Crippen molar-refractivity contribution in [1.29, 1.82) is 0 Å². The number of rotatable bonds is 2. The van der Waals surface area contributed by atoms with Gasteiger partial charge < -0.3 is 9.97 Å². The van der Waals surface area contributed by atoms with Crippen LogP contribution in [0, 0.1) is 0 Å². The van der Waals surface area contributed by atoms with E-state index in [4.69, 9.17) is 9.97 Å². The van der Waals surface area contributed by atoms with E-state index >= 15 is 0 Å². The zero-order valence-corrected chi connectivity index (χ0v) is 35.5. The molecular weight excluding hydrogens is 795 g/mol. The Labute approximate surface area is 364 Å². The fourth-order valence-corrected chi connectivity index (χ4v) is 11.7. The van der Waals surface area contributed by atoms with Gasteiger partial charge in [0.1, 0.15) is 11.2 Å². The number of pyridine rings is 1. The standard InChI is InChI=1S/C32H19N3S.C21H12N2S.C2H6/c1-3-11-19(12-4-1)27-28(20-13-5-2-6-14-20)35-30-26-22-16-8-10-18-24(22)36-32(26)31-25(29(30)34-27)21-15-7-9-17-23(21)33-31;1-2-7-13-12(6-1)17-15-9-5-11-22-21(15)23-19(17)20-18(13)14-8-3-4-10-16(14)24-20;1-2/h1-18,33H;1-11H,(H,22,23);1-2H3. The molecule has 294 valence electrons. The Morgan fingerprint density at radius 1 is 0.387 bits per heavy atom. The minimum Gasteiger partial charge on any atom is -0.353 e. The van der Waals surface area contributed by atoms with Crippen molar-refractivity contribution < 1.29 is 0 Å². The van der Waals surface area contributed by atoms with Gasteiger partial charge in [-0.1, -0.05) is 153 Å². The van der Waals surface area contributed by atoms with Crippen molar-refractivity contribution in [2.45, 2.75) is 13.8 Å².